The van der Waals surface area contributed by atoms with Crippen molar-refractivity contribution in [3.63, 3.8) is 0 Å². The summed E-state index contributed by atoms with van der Waals surface area (Å²) in [6, 6.07) is 0. The van der Waals surface area contributed by atoms with Gasteiger partial charge in [0.05, 0.1) is 13.0 Å². The van der Waals surface area contributed by atoms with E-state index in [1.807, 2.05) is 0 Å². The minimum atomic E-state index is -0.495. The second kappa shape index (κ2) is 5.07. The van der Waals surface area contributed by atoms with Crippen LogP contribution >= 0.6 is 0 Å². The molecule has 5 heteroatoms. The van der Waals surface area contributed by atoms with Gasteiger partial charge in [0.15, 0.2) is 12.6 Å². The van der Waals surface area contributed by atoms with Gasteiger partial charge in [-0.25, -0.2) is 0 Å². The Morgan fingerprint density at radius 1 is 1.36 bits per heavy atom. The third kappa shape index (κ3) is 3.43. The van der Waals surface area contributed by atoms with Gasteiger partial charge in [0.25, 0.3) is 0 Å². The Hall–Kier alpha value is -0.940. The fourth-order valence-electron chi connectivity index (χ4n) is 1.16. The zero-order valence-electron chi connectivity index (χ0n) is 8.32. The number of ketones is 1. The van der Waals surface area contributed by atoms with Gasteiger partial charge in [0, 0.05) is 0 Å². The van der Waals surface area contributed by atoms with E-state index in [1.54, 1.807) is 13.8 Å². The molecule has 0 aromatic rings. The molecule has 0 bridgehead atoms. The van der Waals surface area contributed by atoms with Crippen molar-refractivity contribution in [2.75, 3.05) is 6.61 Å². The molecule has 80 valence electrons. The van der Waals surface area contributed by atoms with Crippen molar-refractivity contribution in [2.24, 2.45) is 0 Å². The number of hydrogen-bond acceptors (Lipinski definition) is 5. The smallest absolute Gasteiger partial charge is 0.313 e. The number of hydrogen-bond donors (Lipinski definition) is 0. The lowest BCUT2D eigenvalue weighted by Crippen LogP contribution is -2.40. The number of carbonyl (C=O) groups excluding carboxylic acids is 2. The summed E-state index contributed by atoms with van der Waals surface area (Å²) in [4.78, 5) is 22.1. The van der Waals surface area contributed by atoms with Crippen LogP contribution in [0, 0.1) is 0 Å². The monoisotopic (exact) mass is 202 g/mol. The topological polar surface area (TPSA) is 61.8 Å². The minimum absolute atomic E-state index is 0.114. The zero-order chi connectivity index (χ0) is 10.6. The van der Waals surface area contributed by atoms with E-state index in [9.17, 15) is 9.59 Å². The van der Waals surface area contributed by atoms with Crippen molar-refractivity contribution in [3.05, 3.63) is 0 Å². The van der Waals surface area contributed by atoms with Gasteiger partial charge in [0.2, 0.25) is 0 Å². The molecule has 1 heterocycles. The Bertz CT molecular complexity index is 219. The summed E-state index contributed by atoms with van der Waals surface area (Å²) in [6.45, 7) is 3.73. The number of ether oxygens (including phenoxy) is 3. The van der Waals surface area contributed by atoms with Crippen LogP contribution in [0.4, 0.5) is 0 Å². The van der Waals surface area contributed by atoms with Crippen LogP contribution in [-0.2, 0) is 23.8 Å². The number of Topliss-reactive ketones (excluding diaryl/α,β-unsaturated/α-hetero) is 1. The average Bonchev–Trinajstić information content (AvgIpc) is 2.01. The largest absolute Gasteiger partial charge is 0.466 e. The van der Waals surface area contributed by atoms with Crippen LogP contribution in [0.3, 0.4) is 0 Å². The van der Waals surface area contributed by atoms with Crippen LogP contribution in [-0.4, -0.2) is 30.9 Å². The maximum absolute atomic E-state index is 11.2. The SMILES string of the molecule is CCOC(=O)CC(=O)CC1OC(C)O1. The Morgan fingerprint density at radius 2 is 2.00 bits per heavy atom. The van der Waals surface area contributed by atoms with E-state index < -0.39 is 12.3 Å². The van der Waals surface area contributed by atoms with Gasteiger partial charge in [-0.1, -0.05) is 0 Å². The van der Waals surface area contributed by atoms with Crippen molar-refractivity contribution < 1.29 is 23.8 Å². The maximum atomic E-state index is 11.2. The van der Waals surface area contributed by atoms with Crippen LogP contribution in [0.2, 0.25) is 0 Å². The van der Waals surface area contributed by atoms with Crippen LogP contribution in [0.1, 0.15) is 26.7 Å². The normalized spacial score (nSPS) is 25.3. The van der Waals surface area contributed by atoms with Gasteiger partial charge >= 0.3 is 5.97 Å². The predicted molar refractivity (Wildman–Crippen MR) is 46.3 cm³/mol. The molecule has 0 aromatic carbocycles. The van der Waals surface area contributed by atoms with Crippen LogP contribution in [0.5, 0.6) is 0 Å². The average molecular weight is 202 g/mol. The number of carbonyl (C=O) groups is 2. The third-order valence-corrected chi connectivity index (χ3v) is 1.73. The van der Waals surface area contributed by atoms with Gasteiger partial charge in [-0.15, -0.1) is 0 Å². The molecular weight excluding hydrogens is 188 g/mol. The first-order chi connectivity index (χ1) is 6.61. The van der Waals surface area contributed by atoms with E-state index in [0.29, 0.717) is 6.61 Å². The lowest BCUT2D eigenvalue weighted by Gasteiger charge is -2.33. The Labute approximate surface area is 82.3 Å². The van der Waals surface area contributed by atoms with Gasteiger partial charge in [-0.3, -0.25) is 9.59 Å². The highest BCUT2D eigenvalue weighted by atomic mass is 16.9. The molecule has 0 N–H and O–H groups in total. The molecule has 0 atom stereocenters. The standard InChI is InChI=1S/C9H14O5/c1-3-12-8(11)4-7(10)5-9-13-6(2)14-9/h6,9H,3-5H2,1-2H3. The molecule has 0 unspecified atom stereocenters. The molecular formula is C9H14O5. The lowest BCUT2D eigenvalue weighted by molar-refractivity contribution is -0.373. The summed E-state index contributed by atoms with van der Waals surface area (Å²) in [5.41, 5.74) is 0. The molecule has 5 nitrogen and oxygen atoms in total. The Kier molecular flexibility index (Phi) is 4.03. The molecule has 1 fully saturated rings. The summed E-state index contributed by atoms with van der Waals surface area (Å²) in [7, 11) is 0. The second-order valence-electron chi connectivity index (χ2n) is 2.99. The molecule has 1 rings (SSSR count). The van der Waals surface area contributed by atoms with Crippen LogP contribution in [0.15, 0.2) is 0 Å². The summed E-state index contributed by atoms with van der Waals surface area (Å²) < 4.78 is 14.7. The summed E-state index contributed by atoms with van der Waals surface area (Å²) in [6.07, 6.45) is -0.809. The first kappa shape index (κ1) is 11.1. The molecule has 0 amide bonds. The van der Waals surface area contributed by atoms with Crippen molar-refractivity contribution in [1.29, 1.82) is 0 Å². The highest BCUT2D eigenvalue weighted by molar-refractivity contribution is 5.95. The fourth-order valence-corrected chi connectivity index (χ4v) is 1.16. The predicted octanol–water partition coefficient (Wildman–Crippen LogP) is 0.618. The summed E-state index contributed by atoms with van der Waals surface area (Å²) in [5.74, 6) is -0.717. The van der Waals surface area contributed by atoms with Gasteiger partial charge < -0.3 is 14.2 Å². The Morgan fingerprint density at radius 3 is 2.50 bits per heavy atom. The van der Waals surface area contributed by atoms with Crippen molar-refractivity contribution in [1.82, 2.24) is 0 Å². The van der Waals surface area contributed by atoms with Crippen LogP contribution < -0.4 is 0 Å². The molecule has 0 saturated carbocycles. The van der Waals surface area contributed by atoms with Crippen molar-refractivity contribution >= 4 is 11.8 Å². The quantitative estimate of drug-likeness (QED) is 0.483. The Balaban J connectivity index is 2.13. The van der Waals surface area contributed by atoms with Gasteiger partial charge in [0.1, 0.15) is 12.2 Å². The van der Waals surface area contributed by atoms with Gasteiger partial charge in [-0.2, -0.15) is 0 Å². The third-order valence-electron chi connectivity index (χ3n) is 1.73. The lowest BCUT2D eigenvalue weighted by atomic mass is 10.2. The van der Waals surface area contributed by atoms with E-state index in [1.165, 1.54) is 0 Å². The summed E-state index contributed by atoms with van der Waals surface area (Å²) in [5, 5.41) is 0. The fraction of sp³-hybridized carbons (Fsp3) is 0.778. The maximum Gasteiger partial charge on any atom is 0.313 e. The number of esters is 1. The molecule has 1 saturated heterocycles. The molecule has 0 aromatic heterocycles. The number of rotatable bonds is 5. The van der Waals surface area contributed by atoms with E-state index in [0.717, 1.165) is 0 Å². The minimum Gasteiger partial charge on any atom is -0.466 e. The highest BCUT2D eigenvalue weighted by Gasteiger charge is 2.29. The van der Waals surface area contributed by atoms with Gasteiger partial charge in [-0.05, 0) is 13.8 Å². The van der Waals surface area contributed by atoms with E-state index in [-0.39, 0.29) is 24.9 Å². The molecule has 0 spiro atoms. The van der Waals surface area contributed by atoms with Crippen LogP contribution in [0.25, 0.3) is 0 Å². The molecule has 1 aliphatic heterocycles. The molecule has 14 heavy (non-hydrogen) atoms. The van der Waals surface area contributed by atoms with E-state index >= 15 is 0 Å². The second-order valence-corrected chi connectivity index (χ2v) is 2.99. The molecule has 1 aliphatic rings. The van der Waals surface area contributed by atoms with Crippen molar-refractivity contribution in [2.45, 2.75) is 39.3 Å². The highest BCUT2D eigenvalue weighted by Crippen LogP contribution is 2.19. The van der Waals surface area contributed by atoms with Crippen molar-refractivity contribution in [3.8, 4) is 0 Å². The summed E-state index contributed by atoms with van der Waals surface area (Å²) >= 11 is 0. The zero-order valence-corrected chi connectivity index (χ0v) is 8.32. The molecule has 0 radical (unpaired) electrons. The first-order valence-corrected chi connectivity index (χ1v) is 4.60. The van der Waals surface area contributed by atoms with E-state index in [4.69, 9.17) is 9.47 Å². The first-order valence-electron chi connectivity index (χ1n) is 4.60. The van der Waals surface area contributed by atoms with E-state index in [2.05, 4.69) is 4.74 Å². The molecule has 0 aliphatic carbocycles.